The molecule has 0 aliphatic heterocycles. The number of nitrogens with one attached hydrogen (secondary N) is 1. The first-order valence-corrected chi connectivity index (χ1v) is 7.21. The molecular weight excluding hydrogens is 253 g/mol. The van der Waals surface area contributed by atoms with Gasteiger partial charge in [-0.25, -0.2) is 0 Å². The third kappa shape index (κ3) is 3.85. The van der Waals surface area contributed by atoms with E-state index in [1.54, 1.807) is 4.90 Å². The Hall–Kier alpha value is -0.290. The quantitative estimate of drug-likeness (QED) is 0.831. The van der Waals surface area contributed by atoms with Crippen LogP contribution in [-0.2, 0) is 0 Å². The Bertz CT molecular complexity index is 310. The molecule has 0 radical (unpaired) electrons. The van der Waals surface area contributed by atoms with Crippen molar-refractivity contribution in [2.75, 3.05) is 20.1 Å². The molecule has 0 aromatic carbocycles. The molecule has 2 unspecified atom stereocenters. The van der Waals surface area contributed by atoms with Crippen molar-refractivity contribution < 1.29 is 13.2 Å². The van der Waals surface area contributed by atoms with Crippen LogP contribution < -0.4 is 5.32 Å². The van der Waals surface area contributed by atoms with Crippen LogP contribution in [-0.4, -0.2) is 43.3 Å². The highest BCUT2D eigenvalue weighted by Gasteiger charge is 2.44. The summed E-state index contributed by atoms with van der Waals surface area (Å²) in [6.45, 7) is 4.25. The number of nitrogens with zero attached hydrogens (tertiary/aromatic N) is 1. The summed E-state index contributed by atoms with van der Waals surface area (Å²) in [7, 11) is 1.93. The van der Waals surface area contributed by atoms with Gasteiger partial charge in [-0.3, -0.25) is 4.90 Å². The standard InChI is InChI=1S/C14H25F3N2/c1-13(2)7-6-10(12(13)18-3)8-19(11-4-5-11)9-14(15,16)17/h10-12,18H,4-9H2,1-3H3. The minimum absolute atomic E-state index is 0.169. The normalized spacial score (nSPS) is 31.1. The lowest BCUT2D eigenvalue weighted by atomic mass is 9.85. The summed E-state index contributed by atoms with van der Waals surface area (Å²) in [4.78, 5) is 1.66. The van der Waals surface area contributed by atoms with Gasteiger partial charge in [0.2, 0.25) is 0 Å². The molecule has 2 aliphatic carbocycles. The Kier molecular flexibility index (Phi) is 4.17. The summed E-state index contributed by atoms with van der Waals surface area (Å²) < 4.78 is 37.9. The molecule has 2 nitrogen and oxygen atoms in total. The second-order valence-corrected chi connectivity index (χ2v) is 6.83. The molecule has 1 N–H and O–H groups in total. The predicted molar refractivity (Wildman–Crippen MR) is 70.0 cm³/mol. The van der Waals surface area contributed by atoms with E-state index in [0.29, 0.717) is 18.5 Å². The van der Waals surface area contributed by atoms with Crippen LogP contribution in [0.15, 0.2) is 0 Å². The van der Waals surface area contributed by atoms with Crippen molar-refractivity contribution in [2.45, 2.75) is 57.8 Å². The van der Waals surface area contributed by atoms with Gasteiger partial charge in [0.1, 0.15) is 0 Å². The topological polar surface area (TPSA) is 15.3 Å². The molecule has 112 valence electrons. The van der Waals surface area contributed by atoms with Crippen molar-refractivity contribution in [3.8, 4) is 0 Å². The van der Waals surface area contributed by atoms with Crippen molar-refractivity contribution in [3.05, 3.63) is 0 Å². The molecule has 0 aromatic heterocycles. The Morgan fingerprint density at radius 2 is 1.84 bits per heavy atom. The van der Waals surface area contributed by atoms with Gasteiger partial charge in [0.15, 0.2) is 0 Å². The van der Waals surface area contributed by atoms with Gasteiger partial charge in [0.25, 0.3) is 0 Å². The molecule has 2 aliphatic rings. The first-order chi connectivity index (χ1) is 8.73. The fraction of sp³-hybridized carbons (Fsp3) is 1.00. The van der Waals surface area contributed by atoms with E-state index in [1.165, 1.54) is 0 Å². The molecule has 2 rings (SSSR count). The summed E-state index contributed by atoms with van der Waals surface area (Å²) in [6, 6.07) is 0.491. The Morgan fingerprint density at radius 3 is 2.32 bits per heavy atom. The van der Waals surface area contributed by atoms with Crippen LogP contribution in [0.1, 0.15) is 39.5 Å². The summed E-state index contributed by atoms with van der Waals surface area (Å²) in [5, 5.41) is 3.32. The van der Waals surface area contributed by atoms with E-state index in [9.17, 15) is 13.2 Å². The highest BCUT2D eigenvalue weighted by atomic mass is 19.4. The highest BCUT2D eigenvalue weighted by Crippen LogP contribution is 2.42. The van der Waals surface area contributed by atoms with Crippen molar-refractivity contribution in [1.29, 1.82) is 0 Å². The number of alkyl halides is 3. The smallest absolute Gasteiger partial charge is 0.316 e. The lowest BCUT2D eigenvalue weighted by molar-refractivity contribution is -0.148. The largest absolute Gasteiger partial charge is 0.401 e. The predicted octanol–water partition coefficient (Wildman–Crippen LogP) is 3.04. The molecular formula is C14H25F3N2. The first kappa shape index (κ1) is 15.1. The Balaban J connectivity index is 1.97. The van der Waals surface area contributed by atoms with Crippen molar-refractivity contribution in [3.63, 3.8) is 0 Å². The van der Waals surface area contributed by atoms with E-state index in [0.717, 1.165) is 25.7 Å². The van der Waals surface area contributed by atoms with Crippen LogP contribution in [0.25, 0.3) is 0 Å². The molecule has 2 saturated carbocycles. The van der Waals surface area contributed by atoms with Crippen LogP contribution >= 0.6 is 0 Å². The molecule has 0 heterocycles. The fourth-order valence-corrected chi connectivity index (χ4v) is 3.65. The lowest BCUT2D eigenvalue weighted by Crippen LogP contribution is -2.46. The van der Waals surface area contributed by atoms with Crippen LogP contribution in [0.4, 0.5) is 13.2 Å². The molecule has 2 atom stereocenters. The van der Waals surface area contributed by atoms with Gasteiger partial charge < -0.3 is 5.32 Å². The van der Waals surface area contributed by atoms with Gasteiger partial charge in [-0.05, 0) is 44.1 Å². The molecule has 5 heteroatoms. The van der Waals surface area contributed by atoms with E-state index >= 15 is 0 Å². The molecule has 19 heavy (non-hydrogen) atoms. The number of rotatable bonds is 5. The minimum atomic E-state index is -4.08. The monoisotopic (exact) mass is 278 g/mol. The second kappa shape index (κ2) is 5.24. The summed E-state index contributed by atoms with van der Waals surface area (Å²) >= 11 is 0. The van der Waals surface area contributed by atoms with Gasteiger partial charge in [0, 0.05) is 18.6 Å². The SMILES string of the molecule is CNC1C(CN(CC(F)(F)F)C2CC2)CCC1(C)C. The molecule has 0 spiro atoms. The molecule has 0 saturated heterocycles. The van der Waals surface area contributed by atoms with E-state index < -0.39 is 12.7 Å². The van der Waals surface area contributed by atoms with Crippen molar-refractivity contribution >= 4 is 0 Å². The average Bonchev–Trinajstić information content (AvgIpc) is 3.03. The van der Waals surface area contributed by atoms with Gasteiger partial charge in [-0.1, -0.05) is 13.8 Å². The zero-order valence-corrected chi connectivity index (χ0v) is 12.1. The average molecular weight is 278 g/mol. The van der Waals surface area contributed by atoms with Gasteiger partial charge in [0.05, 0.1) is 6.54 Å². The van der Waals surface area contributed by atoms with E-state index in [2.05, 4.69) is 19.2 Å². The summed E-state index contributed by atoms with van der Waals surface area (Å²) in [6.07, 6.45) is -0.105. The third-order valence-corrected chi connectivity index (χ3v) is 4.70. The van der Waals surface area contributed by atoms with E-state index in [1.807, 2.05) is 7.05 Å². The van der Waals surface area contributed by atoms with Gasteiger partial charge in [-0.15, -0.1) is 0 Å². The number of hydrogen-bond acceptors (Lipinski definition) is 2. The maximum absolute atomic E-state index is 12.6. The van der Waals surface area contributed by atoms with Crippen LogP contribution in [0.3, 0.4) is 0 Å². The maximum atomic E-state index is 12.6. The summed E-state index contributed by atoms with van der Waals surface area (Å²) in [5.41, 5.74) is 0.187. The Labute approximate surface area is 113 Å². The molecule has 0 aromatic rings. The first-order valence-electron chi connectivity index (χ1n) is 7.21. The zero-order chi connectivity index (χ0) is 14.3. The fourth-order valence-electron chi connectivity index (χ4n) is 3.65. The van der Waals surface area contributed by atoms with Crippen molar-refractivity contribution in [1.82, 2.24) is 10.2 Å². The second-order valence-electron chi connectivity index (χ2n) is 6.83. The van der Waals surface area contributed by atoms with E-state index in [-0.39, 0.29) is 11.5 Å². The van der Waals surface area contributed by atoms with Gasteiger partial charge >= 0.3 is 6.18 Å². The van der Waals surface area contributed by atoms with E-state index in [4.69, 9.17) is 0 Å². The third-order valence-electron chi connectivity index (χ3n) is 4.70. The maximum Gasteiger partial charge on any atom is 0.401 e. The van der Waals surface area contributed by atoms with Crippen molar-refractivity contribution in [2.24, 2.45) is 11.3 Å². The van der Waals surface area contributed by atoms with Crippen LogP contribution in [0, 0.1) is 11.3 Å². The molecule has 0 bridgehead atoms. The van der Waals surface area contributed by atoms with Gasteiger partial charge in [-0.2, -0.15) is 13.2 Å². The number of halogens is 3. The summed E-state index contributed by atoms with van der Waals surface area (Å²) in [5.74, 6) is 0.336. The minimum Gasteiger partial charge on any atom is -0.316 e. The lowest BCUT2D eigenvalue weighted by Gasteiger charge is -2.34. The zero-order valence-electron chi connectivity index (χ0n) is 12.1. The Morgan fingerprint density at radius 1 is 1.21 bits per heavy atom. The molecule has 0 amide bonds. The number of hydrogen-bond donors (Lipinski definition) is 1. The molecule has 2 fully saturated rings. The van der Waals surface area contributed by atoms with Crippen LogP contribution in [0.5, 0.6) is 0 Å². The van der Waals surface area contributed by atoms with Crippen LogP contribution in [0.2, 0.25) is 0 Å². The highest BCUT2D eigenvalue weighted by molar-refractivity contribution is 4.98.